The zero-order valence-electron chi connectivity index (χ0n) is 14.7. The maximum atomic E-state index is 13.6. The first-order chi connectivity index (χ1) is 11.1. The molecule has 1 N–H and O–H groups in total. The van der Waals surface area contributed by atoms with E-state index in [9.17, 15) is 4.39 Å². The molecular weight excluding hydrogens is 309 g/mol. The third kappa shape index (κ3) is 6.04. The highest BCUT2D eigenvalue weighted by molar-refractivity contribution is 7.99. The molecule has 0 spiro atoms. The van der Waals surface area contributed by atoms with E-state index in [-0.39, 0.29) is 11.2 Å². The number of nitriles is 1. The van der Waals surface area contributed by atoms with E-state index in [2.05, 4.69) is 22.6 Å². The molecule has 1 aromatic carbocycles. The molecule has 0 radical (unpaired) electrons. The average molecular weight is 338 g/mol. The van der Waals surface area contributed by atoms with Crippen molar-refractivity contribution in [3.63, 3.8) is 0 Å². The van der Waals surface area contributed by atoms with E-state index in [1.54, 1.807) is 0 Å². The summed E-state index contributed by atoms with van der Waals surface area (Å²) in [5.74, 6) is -0.215. The minimum absolute atomic E-state index is 0.166. The van der Waals surface area contributed by atoms with Gasteiger partial charge in [0.1, 0.15) is 5.82 Å². The predicted molar refractivity (Wildman–Crippen MR) is 97.7 cm³/mol. The lowest BCUT2D eigenvalue weighted by Gasteiger charge is -2.38. The van der Waals surface area contributed by atoms with Crippen LogP contribution in [0.25, 0.3) is 0 Å². The molecule has 1 aliphatic rings. The summed E-state index contributed by atoms with van der Waals surface area (Å²) in [7, 11) is 0. The molecule has 2 rings (SSSR count). The lowest BCUT2D eigenvalue weighted by molar-refractivity contribution is 0.116. The van der Waals surface area contributed by atoms with Crippen LogP contribution in [-0.2, 0) is 6.54 Å². The molecule has 0 aliphatic carbocycles. The largest absolute Gasteiger partial charge is 0.328 e. The zero-order valence-corrected chi connectivity index (χ0v) is 15.5. The number of nitrogens with one attached hydrogen (secondary N) is 1. The fourth-order valence-corrected chi connectivity index (χ4v) is 3.11. The summed E-state index contributed by atoms with van der Waals surface area (Å²) in [6.45, 7) is 9.04. The fourth-order valence-electron chi connectivity index (χ4n) is 2.74. The van der Waals surface area contributed by atoms with Crippen LogP contribution < -0.4 is 4.72 Å². The number of hydrogen-bond acceptors (Lipinski definition) is 4. The second-order valence-corrected chi connectivity index (χ2v) is 6.65. The quantitative estimate of drug-likeness (QED) is 0.763. The smallest absolute Gasteiger partial charge is 0.147 e. The monoisotopic (exact) mass is 337 g/mol. The van der Waals surface area contributed by atoms with Crippen LogP contribution in [0.3, 0.4) is 0 Å². The Balaban J connectivity index is 0.00000127. The van der Waals surface area contributed by atoms with E-state index >= 15 is 0 Å². The minimum atomic E-state index is -0.215. The third-order valence-corrected chi connectivity index (χ3v) is 4.64. The van der Waals surface area contributed by atoms with Crippen molar-refractivity contribution in [2.24, 2.45) is 5.41 Å². The number of anilines is 1. The number of hydrogen-bond donors (Lipinski definition) is 1. The van der Waals surface area contributed by atoms with Gasteiger partial charge in [-0.15, -0.1) is 0 Å². The Bertz CT molecular complexity index is 519. The molecule has 0 bridgehead atoms. The summed E-state index contributed by atoms with van der Waals surface area (Å²) in [5, 5.41) is 8.88. The maximum Gasteiger partial charge on any atom is 0.147 e. The van der Waals surface area contributed by atoms with E-state index in [4.69, 9.17) is 5.26 Å². The van der Waals surface area contributed by atoms with Crippen molar-refractivity contribution in [1.82, 2.24) is 4.90 Å². The van der Waals surface area contributed by atoms with E-state index in [0.29, 0.717) is 12.1 Å². The number of benzene rings is 1. The highest BCUT2D eigenvalue weighted by Gasteiger charge is 2.29. The Morgan fingerprint density at radius 3 is 2.57 bits per heavy atom. The molecule has 23 heavy (non-hydrogen) atoms. The van der Waals surface area contributed by atoms with Crippen molar-refractivity contribution in [3.05, 3.63) is 29.6 Å². The highest BCUT2D eigenvalue weighted by Crippen LogP contribution is 2.34. The summed E-state index contributed by atoms with van der Waals surface area (Å²) in [4.78, 5) is 2.38. The molecule has 1 aromatic rings. The van der Waals surface area contributed by atoms with Gasteiger partial charge in [0, 0.05) is 19.2 Å². The SMILES string of the molecule is CC.CSNc1cc(CN2CCC(C)(CC#N)CC2)ccc1F. The van der Waals surface area contributed by atoms with Crippen LogP contribution in [0.1, 0.15) is 45.6 Å². The molecule has 5 heteroatoms. The Labute approximate surface area is 144 Å². The van der Waals surface area contributed by atoms with E-state index in [1.165, 1.54) is 18.0 Å². The van der Waals surface area contributed by atoms with Gasteiger partial charge in [-0.3, -0.25) is 4.90 Å². The maximum absolute atomic E-state index is 13.6. The van der Waals surface area contributed by atoms with Gasteiger partial charge >= 0.3 is 0 Å². The summed E-state index contributed by atoms with van der Waals surface area (Å²) in [6, 6.07) is 7.56. The van der Waals surface area contributed by atoms with Gasteiger partial charge in [-0.2, -0.15) is 5.26 Å². The van der Waals surface area contributed by atoms with Crippen molar-refractivity contribution >= 4 is 17.6 Å². The van der Waals surface area contributed by atoms with Crippen LogP contribution in [-0.4, -0.2) is 24.2 Å². The second-order valence-electron chi connectivity index (χ2n) is 6.04. The van der Waals surface area contributed by atoms with Crippen LogP contribution in [0, 0.1) is 22.6 Å². The zero-order chi connectivity index (χ0) is 17.3. The van der Waals surface area contributed by atoms with Crippen LogP contribution in [0.2, 0.25) is 0 Å². The molecule has 3 nitrogen and oxygen atoms in total. The van der Waals surface area contributed by atoms with E-state index in [1.807, 2.05) is 32.2 Å². The van der Waals surface area contributed by atoms with Gasteiger partial charge in [-0.1, -0.05) is 38.8 Å². The van der Waals surface area contributed by atoms with Crippen LogP contribution in [0.5, 0.6) is 0 Å². The van der Waals surface area contributed by atoms with Crippen molar-refractivity contribution in [2.45, 2.75) is 46.6 Å². The first-order valence-corrected chi connectivity index (χ1v) is 9.45. The topological polar surface area (TPSA) is 39.1 Å². The molecule has 1 fully saturated rings. The standard InChI is InChI=1S/C16H22FN3S.C2H6/c1-16(5-8-18)6-9-20(10-7-16)12-13-3-4-14(17)15(11-13)19-21-2;1-2/h3-4,11,19H,5-7,9-10,12H2,1-2H3;1-2H3. The number of piperidine rings is 1. The number of likely N-dealkylation sites (tertiary alicyclic amines) is 1. The highest BCUT2D eigenvalue weighted by atomic mass is 32.2. The van der Waals surface area contributed by atoms with Gasteiger partial charge in [0.05, 0.1) is 11.8 Å². The molecule has 1 aliphatic heterocycles. The van der Waals surface area contributed by atoms with Crippen molar-refractivity contribution in [1.29, 1.82) is 5.26 Å². The van der Waals surface area contributed by atoms with Gasteiger partial charge in [0.2, 0.25) is 0 Å². The summed E-state index contributed by atoms with van der Waals surface area (Å²) in [6.07, 6.45) is 4.63. The molecule has 0 aromatic heterocycles. The fraction of sp³-hybridized carbons (Fsp3) is 0.611. The normalized spacial score (nSPS) is 16.9. The lowest BCUT2D eigenvalue weighted by Crippen LogP contribution is -2.38. The van der Waals surface area contributed by atoms with Crippen LogP contribution in [0.4, 0.5) is 10.1 Å². The summed E-state index contributed by atoms with van der Waals surface area (Å²) in [5.41, 5.74) is 1.84. The van der Waals surface area contributed by atoms with E-state index in [0.717, 1.165) is 38.0 Å². The first-order valence-electron chi connectivity index (χ1n) is 8.23. The van der Waals surface area contributed by atoms with Crippen molar-refractivity contribution in [2.75, 3.05) is 24.1 Å². The van der Waals surface area contributed by atoms with E-state index < -0.39 is 0 Å². The number of halogens is 1. The molecule has 0 saturated carbocycles. The third-order valence-electron chi connectivity index (χ3n) is 4.22. The Kier molecular flexibility index (Phi) is 8.43. The molecule has 1 heterocycles. The Morgan fingerprint density at radius 1 is 1.35 bits per heavy atom. The molecule has 0 atom stereocenters. The van der Waals surface area contributed by atoms with Crippen LogP contribution in [0.15, 0.2) is 18.2 Å². The lowest BCUT2D eigenvalue weighted by atomic mass is 9.78. The van der Waals surface area contributed by atoms with Gasteiger partial charge in [0.15, 0.2) is 0 Å². The first kappa shape index (κ1) is 19.8. The molecule has 0 unspecified atom stereocenters. The Morgan fingerprint density at radius 2 is 2.00 bits per heavy atom. The molecule has 1 saturated heterocycles. The minimum Gasteiger partial charge on any atom is -0.328 e. The number of rotatable bonds is 5. The Hall–Kier alpha value is -1.25. The van der Waals surface area contributed by atoms with Gasteiger partial charge in [-0.25, -0.2) is 4.39 Å². The van der Waals surface area contributed by atoms with Crippen molar-refractivity contribution < 1.29 is 4.39 Å². The van der Waals surface area contributed by atoms with Gasteiger partial charge < -0.3 is 4.72 Å². The molecular formula is C18H28FN3S. The second kappa shape index (κ2) is 9.79. The predicted octanol–water partition coefficient (Wildman–Crippen LogP) is 5.06. The molecule has 128 valence electrons. The average Bonchev–Trinajstić information content (AvgIpc) is 2.55. The van der Waals surface area contributed by atoms with Crippen molar-refractivity contribution in [3.8, 4) is 6.07 Å². The molecule has 0 amide bonds. The summed E-state index contributed by atoms with van der Waals surface area (Å²) >= 11 is 1.39. The number of nitrogens with zero attached hydrogens (tertiary/aromatic N) is 2. The van der Waals surface area contributed by atoms with Crippen LogP contribution >= 0.6 is 11.9 Å². The van der Waals surface area contributed by atoms with Gasteiger partial charge in [-0.05, 0) is 49.0 Å². The summed E-state index contributed by atoms with van der Waals surface area (Å²) < 4.78 is 16.6. The van der Waals surface area contributed by atoms with Gasteiger partial charge in [0.25, 0.3) is 0 Å².